The Morgan fingerprint density at radius 2 is 1.49 bits per heavy atom. The normalized spacial score (nSPS) is 12.9. The second kappa shape index (κ2) is 14.7. The highest BCUT2D eigenvalue weighted by atomic mass is 16.5. The number of ketones is 1. The van der Waals surface area contributed by atoms with Gasteiger partial charge in [0.05, 0.1) is 31.1 Å². The standard InChI is InChI=1S/C29H33N3O3.C6H6/c1-5-20(3)27(23-13-10-14-25(28(23)30-4)32-17-22(33)18-32)24-15-16-26(31-29(24)34-6-2)35-19-21-11-8-7-9-12-21;1-2-4-6-5-3-1/h7-16,30H,5-6,17-19H2,1-4H3;1-6H. The lowest BCUT2D eigenvalue weighted by atomic mass is 9.90. The van der Waals surface area contributed by atoms with Gasteiger partial charge in [-0.15, -0.1) is 0 Å². The molecule has 0 unspecified atom stereocenters. The second-order valence-electron chi connectivity index (χ2n) is 9.72. The molecule has 1 aliphatic heterocycles. The number of carbonyl (C=O) groups is 1. The first-order chi connectivity index (χ1) is 20.0. The largest absolute Gasteiger partial charge is 0.477 e. The first-order valence-electron chi connectivity index (χ1n) is 14.1. The zero-order valence-electron chi connectivity index (χ0n) is 24.4. The number of hydrogen-bond donors (Lipinski definition) is 1. The van der Waals surface area contributed by atoms with Gasteiger partial charge in [-0.05, 0) is 43.5 Å². The van der Waals surface area contributed by atoms with Gasteiger partial charge in [0.2, 0.25) is 11.8 Å². The SMILES string of the molecule is CCOc1nc(OCc2ccccc2)ccc1C(=C(C)CC)c1cccc(N2CC(=O)C2)c1NC.c1ccccc1. The summed E-state index contributed by atoms with van der Waals surface area (Å²) in [6, 6.07) is 32.2. The van der Waals surface area contributed by atoms with Crippen molar-refractivity contribution >= 4 is 22.7 Å². The summed E-state index contributed by atoms with van der Waals surface area (Å²) in [6.45, 7) is 8.08. The van der Waals surface area contributed by atoms with Crippen molar-refractivity contribution in [2.24, 2.45) is 0 Å². The Bertz CT molecular complexity index is 1420. The molecule has 3 aromatic carbocycles. The van der Waals surface area contributed by atoms with Crippen molar-refractivity contribution in [2.75, 3.05) is 37.0 Å². The molecule has 212 valence electrons. The molecule has 1 N–H and O–H groups in total. The fourth-order valence-corrected chi connectivity index (χ4v) is 4.66. The summed E-state index contributed by atoms with van der Waals surface area (Å²) in [7, 11) is 1.92. The van der Waals surface area contributed by atoms with Crippen molar-refractivity contribution in [3.05, 3.63) is 119 Å². The van der Waals surface area contributed by atoms with E-state index in [2.05, 4.69) is 36.2 Å². The third-order valence-corrected chi connectivity index (χ3v) is 6.88. The Morgan fingerprint density at radius 1 is 0.829 bits per heavy atom. The van der Waals surface area contributed by atoms with Gasteiger partial charge in [-0.25, -0.2) is 0 Å². The van der Waals surface area contributed by atoms with Gasteiger partial charge >= 0.3 is 0 Å². The lowest BCUT2D eigenvalue weighted by molar-refractivity contribution is -0.119. The van der Waals surface area contributed by atoms with Gasteiger partial charge in [0.25, 0.3) is 0 Å². The van der Waals surface area contributed by atoms with Crippen molar-refractivity contribution < 1.29 is 14.3 Å². The maximum Gasteiger partial charge on any atom is 0.224 e. The number of nitrogens with one attached hydrogen (secondary N) is 1. The van der Waals surface area contributed by atoms with Crippen LogP contribution in [0.25, 0.3) is 5.57 Å². The van der Waals surface area contributed by atoms with Gasteiger partial charge < -0.3 is 19.7 Å². The highest BCUT2D eigenvalue weighted by molar-refractivity contribution is 6.00. The van der Waals surface area contributed by atoms with Crippen molar-refractivity contribution in [1.29, 1.82) is 0 Å². The summed E-state index contributed by atoms with van der Waals surface area (Å²) in [6.07, 6.45) is 0.878. The molecule has 41 heavy (non-hydrogen) atoms. The molecule has 0 saturated carbocycles. The number of carbonyl (C=O) groups excluding carboxylic acids is 1. The number of para-hydroxylation sites is 1. The Labute approximate surface area is 243 Å². The van der Waals surface area contributed by atoms with Gasteiger partial charge in [-0.3, -0.25) is 4.79 Å². The van der Waals surface area contributed by atoms with Crippen LogP contribution in [0.5, 0.6) is 11.8 Å². The molecular formula is C35H39N3O3. The van der Waals surface area contributed by atoms with Crippen LogP contribution in [-0.2, 0) is 11.4 Å². The second-order valence-corrected chi connectivity index (χ2v) is 9.72. The number of benzene rings is 3. The first-order valence-corrected chi connectivity index (χ1v) is 14.1. The fraction of sp³-hybridized carbons (Fsp3) is 0.257. The van der Waals surface area contributed by atoms with E-state index in [4.69, 9.17) is 14.5 Å². The number of anilines is 2. The Balaban J connectivity index is 0.000000572. The van der Waals surface area contributed by atoms with E-state index in [9.17, 15) is 4.79 Å². The van der Waals surface area contributed by atoms with E-state index < -0.39 is 0 Å². The number of hydrogen-bond acceptors (Lipinski definition) is 6. The van der Waals surface area contributed by atoms with Crippen molar-refractivity contribution in [3.8, 4) is 11.8 Å². The summed E-state index contributed by atoms with van der Waals surface area (Å²) in [4.78, 5) is 18.5. The number of nitrogens with zero attached hydrogens (tertiary/aromatic N) is 2. The average Bonchev–Trinajstić information content (AvgIpc) is 3.01. The van der Waals surface area contributed by atoms with Gasteiger partial charge in [0.15, 0.2) is 5.78 Å². The Hall–Kier alpha value is -4.58. The van der Waals surface area contributed by atoms with Crippen LogP contribution in [0.4, 0.5) is 11.4 Å². The third-order valence-electron chi connectivity index (χ3n) is 6.88. The first kappa shape index (κ1) is 29.4. The number of pyridine rings is 1. The molecule has 0 aliphatic carbocycles. The number of ether oxygens (including phenoxy) is 2. The van der Waals surface area contributed by atoms with Crippen LogP contribution in [0.2, 0.25) is 0 Å². The Kier molecular flexibility index (Phi) is 10.5. The smallest absolute Gasteiger partial charge is 0.224 e. The predicted octanol–water partition coefficient (Wildman–Crippen LogP) is 7.41. The van der Waals surface area contributed by atoms with Crippen LogP contribution in [0, 0.1) is 0 Å². The topological polar surface area (TPSA) is 63.7 Å². The van der Waals surface area contributed by atoms with E-state index in [-0.39, 0.29) is 5.78 Å². The zero-order valence-corrected chi connectivity index (χ0v) is 24.4. The molecule has 6 nitrogen and oxygen atoms in total. The number of aromatic nitrogens is 1. The number of rotatable bonds is 10. The molecule has 1 saturated heterocycles. The minimum atomic E-state index is 0.256. The zero-order chi connectivity index (χ0) is 29.0. The molecule has 0 radical (unpaired) electrons. The van der Waals surface area contributed by atoms with Crippen molar-refractivity contribution in [1.82, 2.24) is 4.98 Å². The number of allylic oxidation sites excluding steroid dienone is 1. The molecule has 1 aliphatic rings. The molecule has 1 fully saturated rings. The van der Waals surface area contributed by atoms with E-state index in [0.717, 1.165) is 40.1 Å². The van der Waals surface area contributed by atoms with Gasteiger partial charge in [-0.2, -0.15) is 4.98 Å². The predicted molar refractivity (Wildman–Crippen MR) is 168 cm³/mol. The summed E-state index contributed by atoms with van der Waals surface area (Å²) in [5.41, 5.74) is 7.39. The quantitative estimate of drug-likeness (QED) is 0.222. The average molecular weight is 550 g/mol. The maximum atomic E-state index is 11.7. The van der Waals surface area contributed by atoms with Gasteiger partial charge in [0, 0.05) is 24.2 Å². The molecule has 6 heteroatoms. The fourth-order valence-electron chi connectivity index (χ4n) is 4.66. The van der Waals surface area contributed by atoms with Crippen LogP contribution in [0.1, 0.15) is 43.9 Å². The summed E-state index contributed by atoms with van der Waals surface area (Å²) >= 11 is 0. The van der Waals surface area contributed by atoms with E-state index in [0.29, 0.717) is 38.1 Å². The molecule has 4 aromatic rings. The van der Waals surface area contributed by atoms with Crippen LogP contribution >= 0.6 is 0 Å². The maximum absolute atomic E-state index is 11.7. The van der Waals surface area contributed by atoms with E-state index in [1.807, 2.05) is 98.9 Å². The van der Waals surface area contributed by atoms with Crippen LogP contribution in [-0.4, -0.2) is 37.5 Å². The van der Waals surface area contributed by atoms with E-state index in [1.54, 1.807) is 0 Å². The lowest BCUT2D eigenvalue weighted by Gasteiger charge is -2.34. The molecule has 0 spiro atoms. The highest BCUT2D eigenvalue weighted by Gasteiger charge is 2.28. The highest BCUT2D eigenvalue weighted by Crippen LogP contribution is 2.42. The summed E-state index contributed by atoms with van der Waals surface area (Å²) in [5, 5.41) is 3.39. The van der Waals surface area contributed by atoms with Gasteiger partial charge in [0.1, 0.15) is 6.61 Å². The molecule has 0 bridgehead atoms. The number of Topliss-reactive ketones (excluding diaryl/α,β-unsaturated/α-hetero) is 1. The van der Waals surface area contributed by atoms with Crippen molar-refractivity contribution in [2.45, 2.75) is 33.8 Å². The van der Waals surface area contributed by atoms with E-state index in [1.165, 1.54) is 5.57 Å². The molecule has 1 aromatic heterocycles. The van der Waals surface area contributed by atoms with Crippen LogP contribution < -0.4 is 19.7 Å². The van der Waals surface area contributed by atoms with E-state index >= 15 is 0 Å². The summed E-state index contributed by atoms with van der Waals surface area (Å²) in [5.74, 6) is 1.33. The summed E-state index contributed by atoms with van der Waals surface area (Å²) < 4.78 is 12.0. The molecule has 5 rings (SSSR count). The third kappa shape index (κ3) is 7.54. The minimum Gasteiger partial charge on any atom is -0.477 e. The Morgan fingerprint density at radius 3 is 2.07 bits per heavy atom. The van der Waals surface area contributed by atoms with Gasteiger partial charge in [-0.1, -0.05) is 91.4 Å². The van der Waals surface area contributed by atoms with Crippen LogP contribution in [0.15, 0.2) is 103 Å². The molecule has 2 heterocycles. The molecular weight excluding hydrogens is 510 g/mol. The molecule has 0 atom stereocenters. The lowest BCUT2D eigenvalue weighted by Crippen LogP contribution is -2.47. The van der Waals surface area contributed by atoms with Crippen LogP contribution in [0.3, 0.4) is 0 Å². The minimum absolute atomic E-state index is 0.256. The monoisotopic (exact) mass is 549 g/mol. The molecule has 0 amide bonds. The van der Waals surface area contributed by atoms with Crippen molar-refractivity contribution in [3.63, 3.8) is 0 Å².